The minimum Gasteiger partial charge on any atom is -0.351 e. The third kappa shape index (κ3) is 5.11. The van der Waals surface area contributed by atoms with Crippen LogP contribution in [-0.4, -0.2) is 43.0 Å². The second-order valence-electron chi connectivity index (χ2n) is 4.34. The van der Waals surface area contributed by atoms with Gasteiger partial charge in [0, 0.05) is 6.54 Å². The van der Waals surface area contributed by atoms with Gasteiger partial charge in [-0.3, -0.25) is 10.6 Å². The summed E-state index contributed by atoms with van der Waals surface area (Å²) in [6.07, 6.45) is 3.56. The molecule has 4 N–H and O–H groups in total. The zero-order valence-electron chi connectivity index (χ0n) is 10.9. The first-order valence-corrected chi connectivity index (χ1v) is 5.99. The molecule has 0 spiro atoms. The predicted molar refractivity (Wildman–Crippen MR) is 72.2 cm³/mol. The molecule has 0 aliphatic rings. The van der Waals surface area contributed by atoms with Crippen molar-refractivity contribution in [2.75, 3.05) is 32.6 Å². The van der Waals surface area contributed by atoms with Gasteiger partial charge in [0.15, 0.2) is 0 Å². The van der Waals surface area contributed by atoms with Crippen LogP contribution in [0.1, 0.15) is 23.3 Å². The number of unbranched alkanes of at least 4 members (excludes halogenated alkanes) is 1. The Labute approximate surface area is 108 Å². The van der Waals surface area contributed by atoms with Crippen LogP contribution in [0.2, 0.25) is 0 Å². The Kier molecular flexibility index (Phi) is 6.10. The lowest BCUT2D eigenvalue weighted by atomic mass is 10.3. The lowest BCUT2D eigenvalue weighted by Crippen LogP contribution is -2.26. The summed E-state index contributed by atoms with van der Waals surface area (Å²) in [5, 5.41) is 2.84. The van der Waals surface area contributed by atoms with E-state index in [0.29, 0.717) is 17.9 Å². The van der Waals surface area contributed by atoms with E-state index in [1.165, 1.54) is 6.20 Å². The van der Waals surface area contributed by atoms with Crippen molar-refractivity contribution in [3.63, 3.8) is 0 Å². The van der Waals surface area contributed by atoms with Gasteiger partial charge < -0.3 is 15.6 Å². The molecule has 1 aromatic heterocycles. The molecule has 1 heterocycles. The van der Waals surface area contributed by atoms with E-state index >= 15 is 0 Å². The van der Waals surface area contributed by atoms with Crippen LogP contribution in [-0.2, 0) is 0 Å². The van der Waals surface area contributed by atoms with Gasteiger partial charge in [-0.1, -0.05) is 0 Å². The number of nitrogens with zero attached hydrogens (tertiary/aromatic N) is 2. The van der Waals surface area contributed by atoms with Gasteiger partial charge in [-0.25, -0.2) is 4.98 Å². The molecule has 0 bridgehead atoms. The number of rotatable bonds is 7. The van der Waals surface area contributed by atoms with Crippen molar-refractivity contribution in [2.24, 2.45) is 5.84 Å². The quantitative estimate of drug-likeness (QED) is 0.372. The fourth-order valence-electron chi connectivity index (χ4n) is 1.46. The first kappa shape index (κ1) is 14.4. The molecule has 0 saturated carbocycles. The third-order valence-electron chi connectivity index (χ3n) is 2.48. The summed E-state index contributed by atoms with van der Waals surface area (Å²) in [5.41, 5.74) is 3.55. The zero-order chi connectivity index (χ0) is 13.4. The molecule has 6 nitrogen and oxygen atoms in total. The van der Waals surface area contributed by atoms with E-state index in [-0.39, 0.29) is 5.91 Å². The maximum Gasteiger partial charge on any atom is 0.269 e. The number of nitrogen functional groups attached to an aromatic ring is 1. The van der Waals surface area contributed by atoms with E-state index in [0.717, 1.165) is 19.4 Å². The Morgan fingerprint density at radius 2 is 2.17 bits per heavy atom. The Morgan fingerprint density at radius 3 is 2.72 bits per heavy atom. The molecule has 1 aromatic rings. The number of pyridine rings is 1. The molecule has 0 atom stereocenters. The number of anilines is 1. The van der Waals surface area contributed by atoms with Crippen LogP contribution in [0.15, 0.2) is 18.3 Å². The summed E-state index contributed by atoms with van der Waals surface area (Å²) in [6.45, 7) is 1.70. The molecule has 18 heavy (non-hydrogen) atoms. The van der Waals surface area contributed by atoms with Crippen LogP contribution in [0.5, 0.6) is 0 Å². The van der Waals surface area contributed by atoms with Crippen molar-refractivity contribution in [2.45, 2.75) is 12.8 Å². The number of nitrogens with one attached hydrogen (secondary N) is 2. The van der Waals surface area contributed by atoms with Crippen LogP contribution in [0.25, 0.3) is 0 Å². The van der Waals surface area contributed by atoms with Crippen molar-refractivity contribution < 1.29 is 4.79 Å². The summed E-state index contributed by atoms with van der Waals surface area (Å²) in [5.74, 6) is 5.07. The maximum atomic E-state index is 11.7. The number of carbonyl (C=O) groups is 1. The molecule has 0 fully saturated rings. The van der Waals surface area contributed by atoms with Crippen molar-refractivity contribution >= 4 is 11.6 Å². The highest BCUT2D eigenvalue weighted by Gasteiger charge is 2.05. The molecule has 6 heteroatoms. The monoisotopic (exact) mass is 251 g/mol. The summed E-state index contributed by atoms with van der Waals surface area (Å²) >= 11 is 0. The number of carbonyl (C=O) groups excluding carboxylic acids is 1. The number of hydrogen-bond donors (Lipinski definition) is 3. The van der Waals surface area contributed by atoms with Gasteiger partial charge in [0.2, 0.25) is 0 Å². The SMILES string of the molecule is CN(C)CCCCNC(=O)c1ccc(NN)cn1. The minimum absolute atomic E-state index is 0.150. The van der Waals surface area contributed by atoms with Crippen molar-refractivity contribution in [3.05, 3.63) is 24.0 Å². The molecule has 0 unspecified atom stereocenters. The predicted octanol–water partition coefficient (Wildman–Crippen LogP) is 0.439. The standard InChI is InChI=1S/C12H21N5O/c1-17(2)8-4-3-7-14-12(18)11-6-5-10(16-13)9-15-11/h5-6,9,16H,3-4,7-8,13H2,1-2H3,(H,14,18). The molecular formula is C12H21N5O. The minimum atomic E-state index is -0.150. The molecule has 1 amide bonds. The highest BCUT2D eigenvalue weighted by atomic mass is 16.1. The van der Waals surface area contributed by atoms with Crippen molar-refractivity contribution in [1.29, 1.82) is 0 Å². The number of aromatic nitrogens is 1. The van der Waals surface area contributed by atoms with Gasteiger partial charge in [-0.2, -0.15) is 0 Å². The van der Waals surface area contributed by atoms with Gasteiger partial charge in [0.05, 0.1) is 11.9 Å². The second kappa shape index (κ2) is 7.62. The van der Waals surface area contributed by atoms with E-state index < -0.39 is 0 Å². The Hall–Kier alpha value is -1.66. The van der Waals surface area contributed by atoms with E-state index in [2.05, 4.69) is 20.6 Å². The second-order valence-corrected chi connectivity index (χ2v) is 4.34. The summed E-state index contributed by atoms with van der Waals surface area (Å²) < 4.78 is 0. The number of hydrogen-bond acceptors (Lipinski definition) is 5. The Balaban J connectivity index is 2.27. The lowest BCUT2D eigenvalue weighted by molar-refractivity contribution is 0.0948. The number of amides is 1. The van der Waals surface area contributed by atoms with E-state index in [4.69, 9.17) is 5.84 Å². The van der Waals surface area contributed by atoms with Gasteiger partial charge >= 0.3 is 0 Å². The molecule has 0 saturated heterocycles. The van der Waals surface area contributed by atoms with Crippen LogP contribution >= 0.6 is 0 Å². The zero-order valence-corrected chi connectivity index (χ0v) is 10.9. The fourth-order valence-corrected chi connectivity index (χ4v) is 1.46. The Bertz CT molecular complexity index is 363. The lowest BCUT2D eigenvalue weighted by Gasteiger charge is -2.09. The molecule has 0 aromatic carbocycles. The molecule has 0 radical (unpaired) electrons. The summed E-state index contributed by atoms with van der Waals surface area (Å²) in [6, 6.07) is 3.36. The average Bonchev–Trinajstić information content (AvgIpc) is 2.38. The van der Waals surface area contributed by atoms with E-state index in [1.807, 2.05) is 14.1 Å². The molecular weight excluding hydrogens is 230 g/mol. The van der Waals surface area contributed by atoms with E-state index in [1.54, 1.807) is 12.1 Å². The van der Waals surface area contributed by atoms with Crippen LogP contribution in [0.3, 0.4) is 0 Å². The normalized spacial score (nSPS) is 10.4. The van der Waals surface area contributed by atoms with Crippen molar-refractivity contribution in [1.82, 2.24) is 15.2 Å². The van der Waals surface area contributed by atoms with Crippen LogP contribution in [0, 0.1) is 0 Å². The first-order valence-electron chi connectivity index (χ1n) is 5.99. The van der Waals surface area contributed by atoms with Gasteiger partial charge in [0.25, 0.3) is 5.91 Å². The van der Waals surface area contributed by atoms with Gasteiger partial charge in [-0.15, -0.1) is 0 Å². The summed E-state index contributed by atoms with van der Waals surface area (Å²) in [7, 11) is 4.07. The fraction of sp³-hybridized carbons (Fsp3) is 0.500. The van der Waals surface area contributed by atoms with Crippen LogP contribution in [0.4, 0.5) is 5.69 Å². The Morgan fingerprint density at radius 1 is 1.39 bits per heavy atom. The number of nitrogens with two attached hydrogens (primary N) is 1. The molecule has 0 aliphatic carbocycles. The first-order chi connectivity index (χ1) is 8.63. The van der Waals surface area contributed by atoms with E-state index in [9.17, 15) is 4.79 Å². The smallest absolute Gasteiger partial charge is 0.269 e. The highest BCUT2D eigenvalue weighted by Crippen LogP contribution is 2.03. The van der Waals surface area contributed by atoms with Crippen LogP contribution < -0.4 is 16.6 Å². The third-order valence-corrected chi connectivity index (χ3v) is 2.48. The average molecular weight is 251 g/mol. The number of hydrazine groups is 1. The highest BCUT2D eigenvalue weighted by molar-refractivity contribution is 5.92. The molecule has 100 valence electrons. The summed E-state index contributed by atoms with van der Waals surface area (Å²) in [4.78, 5) is 17.8. The largest absolute Gasteiger partial charge is 0.351 e. The molecule has 0 aliphatic heterocycles. The topological polar surface area (TPSA) is 83.3 Å². The van der Waals surface area contributed by atoms with Gasteiger partial charge in [-0.05, 0) is 45.6 Å². The maximum absolute atomic E-state index is 11.7. The van der Waals surface area contributed by atoms with Crippen molar-refractivity contribution in [3.8, 4) is 0 Å². The van der Waals surface area contributed by atoms with Gasteiger partial charge in [0.1, 0.15) is 5.69 Å². The molecule has 1 rings (SSSR count).